The van der Waals surface area contributed by atoms with Gasteiger partial charge < -0.3 is 19.7 Å². The largest absolute Gasteiger partial charge is 0.444 e. The molecular formula is C21H31N3O3. The number of likely N-dealkylation sites (N-methyl/N-ethyl adjacent to an activating group) is 1. The van der Waals surface area contributed by atoms with Crippen LogP contribution in [0.15, 0.2) is 18.3 Å². The summed E-state index contributed by atoms with van der Waals surface area (Å²) in [5.41, 5.74) is 4.15. The summed E-state index contributed by atoms with van der Waals surface area (Å²) in [7, 11) is 4.15. The first kappa shape index (κ1) is 19.7. The Morgan fingerprint density at radius 2 is 2.07 bits per heavy atom. The molecule has 1 aromatic heterocycles. The normalized spacial score (nSPS) is 17.4. The zero-order valence-electron chi connectivity index (χ0n) is 17.0. The van der Waals surface area contributed by atoms with Crippen molar-refractivity contribution in [1.82, 2.24) is 14.8 Å². The maximum Gasteiger partial charge on any atom is 0.410 e. The third-order valence-corrected chi connectivity index (χ3v) is 4.99. The lowest BCUT2D eigenvalue weighted by molar-refractivity contribution is 0.00464. The van der Waals surface area contributed by atoms with Crippen molar-refractivity contribution < 1.29 is 14.6 Å². The van der Waals surface area contributed by atoms with Gasteiger partial charge in [0.2, 0.25) is 0 Å². The molecular weight excluding hydrogens is 342 g/mol. The van der Waals surface area contributed by atoms with Crippen LogP contribution in [0.1, 0.15) is 37.5 Å². The van der Waals surface area contributed by atoms with Crippen LogP contribution < -0.4 is 0 Å². The molecule has 0 aliphatic carbocycles. The summed E-state index contributed by atoms with van der Waals surface area (Å²) in [5.74, 6) is 0. The Morgan fingerprint density at radius 3 is 2.70 bits per heavy atom. The topological polar surface area (TPSA) is 68.8 Å². The summed E-state index contributed by atoms with van der Waals surface area (Å²) < 4.78 is 5.53. The summed E-state index contributed by atoms with van der Waals surface area (Å²) in [6.45, 7) is 6.95. The van der Waals surface area contributed by atoms with Gasteiger partial charge in [0.1, 0.15) is 5.60 Å². The van der Waals surface area contributed by atoms with Crippen molar-refractivity contribution in [3.05, 3.63) is 35.0 Å². The van der Waals surface area contributed by atoms with E-state index in [-0.39, 0.29) is 18.7 Å². The number of carbonyl (C=O) groups excluding carboxylic acids is 1. The molecule has 0 saturated heterocycles. The number of carbonyl (C=O) groups is 1. The molecule has 0 radical (unpaired) electrons. The van der Waals surface area contributed by atoms with Crippen molar-refractivity contribution in [2.24, 2.45) is 0 Å². The number of aromatic nitrogens is 1. The Bertz CT molecular complexity index is 820. The Morgan fingerprint density at radius 1 is 1.33 bits per heavy atom. The third kappa shape index (κ3) is 4.45. The number of fused-ring (bicyclic) bond motifs is 2. The van der Waals surface area contributed by atoms with E-state index in [1.165, 1.54) is 16.5 Å². The highest BCUT2D eigenvalue weighted by molar-refractivity contribution is 5.85. The van der Waals surface area contributed by atoms with E-state index in [4.69, 9.17) is 4.74 Å². The highest BCUT2D eigenvalue weighted by Gasteiger charge is 2.32. The molecule has 2 heterocycles. The number of aliphatic hydroxyl groups is 1. The number of nitrogens with zero attached hydrogens (tertiary/aromatic N) is 2. The molecule has 0 fully saturated rings. The maximum atomic E-state index is 12.6. The highest BCUT2D eigenvalue weighted by atomic mass is 16.6. The van der Waals surface area contributed by atoms with Crippen LogP contribution in [0.5, 0.6) is 0 Å². The Hall–Kier alpha value is -2.05. The first-order valence-electron chi connectivity index (χ1n) is 9.55. The van der Waals surface area contributed by atoms with Gasteiger partial charge in [-0.3, -0.25) is 4.90 Å². The minimum Gasteiger partial charge on any atom is -0.444 e. The lowest BCUT2D eigenvalue weighted by Crippen LogP contribution is -2.48. The number of aromatic amines is 1. The van der Waals surface area contributed by atoms with Crippen molar-refractivity contribution in [2.45, 2.75) is 51.8 Å². The summed E-state index contributed by atoms with van der Waals surface area (Å²) in [5, 5.41) is 11.1. The van der Waals surface area contributed by atoms with E-state index in [0.29, 0.717) is 13.0 Å². The molecule has 0 spiro atoms. The summed E-state index contributed by atoms with van der Waals surface area (Å²) >= 11 is 0. The number of hydrogen-bond donors (Lipinski definition) is 2. The average Bonchev–Trinajstić information content (AvgIpc) is 2.97. The molecule has 0 bridgehead atoms. The van der Waals surface area contributed by atoms with Gasteiger partial charge in [-0.1, -0.05) is 0 Å². The van der Waals surface area contributed by atoms with E-state index < -0.39 is 5.60 Å². The second kappa shape index (κ2) is 7.52. The van der Waals surface area contributed by atoms with Crippen molar-refractivity contribution in [2.75, 3.05) is 27.2 Å². The van der Waals surface area contributed by atoms with Gasteiger partial charge in [-0.05, 0) is 76.5 Å². The fourth-order valence-electron chi connectivity index (χ4n) is 3.58. The van der Waals surface area contributed by atoms with Gasteiger partial charge in [0.15, 0.2) is 0 Å². The SMILES string of the molecule is CN(C)CCc1c[nH]c2cc3c(cc12)CC(CO)N(C(=O)OC(C)(C)C)C3. The quantitative estimate of drug-likeness (QED) is 0.865. The van der Waals surface area contributed by atoms with Crippen LogP contribution in [0, 0.1) is 0 Å². The van der Waals surface area contributed by atoms with Crippen LogP contribution in [-0.2, 0) is 24.1 Å². The lowest BCUT2D eigenvalue weighted by Gasteiger charge is -2.37. The van der Waals surface area contributed by atoms with Crippen LogP contribution in [0.4, 0.5) is 4.79 Å². The van der Waals surface area contributed by atoms with Gasteiger partial charge >= 0.3 is 6.09 Å². The second-order valence-corrected chi connectivity index (χ2v) is 8.68. The van der Waals surface area contributed by atoms with E-state index in [1.54, 1.807) is 4.90 Å². The molecule has 1 amide bonds. The summed E-state index contributed by atoms with van der Waals surface area (Å²) in [4.78, 5) is 19.8. The molecule has 1 aliphatic heterocycles. The molecule has 148 valence electrons. The minimum absolute atomic E-state index is 0.0721. The van der Waals surface area contributed by atoms with E-state index >= 15 is 0 Å². The van der Waals surface area contributed by atoms with Crippen LogP contribution in [0.3, 0.4) is 0 Å². The van der Waals surface area contributed by atoms with Gasteiger partial charge in [0.05, 0.1) is 12.6 Å². The molecule has 0 saturated carbocycles. The number of nitrogens with one attached hydrogen (secondary N) is 1. The lowest BCUT2D eigenvalue weighted by atomic mass is 9.92. The number of rotatable bonds is 4. The monoisotopic (exact) mass is 373 g/mol. The number of ether oxygens (including phenoxy) is 1. The molecule has 6 nitrogen and oxygen atoms in total. The Labute approximate surface area is 161 Å². The molecule has 2 aromatic rings. The average molecular weight is 373 g/mol. The number of benzene rings is 1. The van der Waals surface area contributed by atoms with Gasteiger partial charge in [0, 0.05) is 30.2 Å². The zero-order chi connectivity index (χ0) is 19.8. The molecule has 27 heavy (non-hydrogen) atoms. The second-order valence-electron chi connectivity index (χ2n) is 8.68. The van der Waals surface area contributed by atoms with E-state index in [0.717, 1.165) is 24.0 Å². The summed E-state index contributed by atoms with van der Waals surface area (Å²) in [6.07, 6.45) is 3.33. The van der Waals surface area contributed by atoms with E-state index in [9.17, 15) is 9.90 Å². The van der Waals surface area contributed by atoms with Gasteiger partial charge in [-0.25, -0.2) is 4.79 Å². The number of H-pyrrole nitrogens is 1. The molecule has 1 unspecified atom stereocenters. The summed E-state index contributed by atoms with van der Waals surface area (Å²) in [6, 6.07) is 4.10. The van der Waals surface area contributed by atoms with Crippen LogP contribution >= 0.6 is 0 Å². The molecule has 1 aliphatic rings. The first-order valence-corrected chi connectivity index (χ1v) is 9.55. The van der Waals surface area contributed by atoms with E-state index in [1.807, 2.05) is 20.8 Å². The Kier molecular flexibility index (Phi) is 5.49. The Balaban J connectivity index is 1.88. The third-order valence-electron chi connectivity index (χ3n) is 4.99. The van der Waals surface area contributed by atoms with E-state index in [2.05, 4.69) is 42.3 Å². The van der Waals surface area contributed by atoms with Gasteiger partial charge in [-0.15, -0.1) is 0 Å². The fourth-order valence-corrected chi connectivity index (χ4v) is 3.58. The van der Waals surface area contributed by atoms with Crippen molar-refractivity contribution in [3.63, 3.8) is 0 Å². The standard InChI is InChI=1S/C21H31N3O3/c1-21(2,3)27-20(26)24-12-16-10-19-18(9-15(16)8-17(24)13-25)14(11-22-19)6-7-23(4)5/h9-11,17,22,25H,6-8,12-13H2,1-5H3. The van der Waals surface area contributed by atoms with Crippen LogP contribution in [0.2, 0.25) is 0 Å². The number of aliphatic hydroxyl groups excluding tert-OH is 1. The predicted molar refractivity (Wildman–Crippen MR) is 107 cm³/mol. The predicted octanol–water partition coefficient (Wildman–Crippen LogP) is 2.93. The van der Waals surface area contributed by atoms with Crippen LogP contribution in [0.25, 0.3) is 10.9 Å². The molecule has 2 N–H and O–H groups in total. The molecule has 3 rings (SSSR count). The fraction of sp³-hybridized carbons (Fsp3) is 0.571. The van der Waals surface area contributed by atoms with Gasteiger partial charge in [0.25, 0.3) is 0 Å². The smallest absolute Gasteiger partial charge is 0.410 e. The molecule has 6 heteroatoms. The number of amides is 1. The van der Waals surface area contributed by atoms with Crippen molar-refractivity contribution in [3.8, 4) is 0 Å². The minimum atomic E-state index is -0.553. The number of hydrogen-bond acceptors (Lipinski definition) is 4. The zero-order valence-corrected chi connectivity index (χ0v) is 17.0. The van der Waals surface area contributed by atoms with Crippen molar-refractivity contribution >= 4 is 17.0 Å². The highest BCUT2D eigenvalue weighted by Crippen LogP contribution is 2.30. The molecule has 1 aromatic carbocycles. The molecule has 1 atom stereocenters. The van der Waals surface area contributed by atoms with Gasteiger partial charge in [-0.2, -0.15) is 0 Å². The first-order chi connectivity index (χ1) is 12.7. The maximum absolute atomic E-state index is 12.6. The van der Waals surface area contributed by atoms with Crippen molar-refractivity contribution in [1.29, 1.82) is 0 Å². The van der Waals surface area contributed by atoms with Crippen LogP contribution in [-0.4, -0.2) is 64.9 Å².